The molecule has 2 heterocycles. The van der Waals surface area contributed by atoms with Crippen LogP contribution in [-0.2, 0) is 37.8 Å². The normalized spacial score (nSPS) is 19.5. The lowest BCUT2D eigenvalue weighted by atomic mass is 10.1. The SMILES string of the molecule is C[C@@H]1CN(C(=O)Cn2cc(S(=O)(=O)Cc3cccc(C(F)(F)F)c3)c3ccccc32)C[C@@H](C)O1. The molecule has 1 aromatic heterocycles. The van der Waals surface area contributed by atoms with E-state index in [4.69, 9.17) is 4.74 Å². The van der Waals surface area contributed by atoms with Crippen molar-refractivity contribution >= 4 is 26.6 Å². The van der Waals surface area contributed by atoms with Gasteiger partial charge in [0.15, 0.2) is 9.84 Å². The predicted octanol–water partition coefficient (Wildman–Crippen LogP) is 4.27. The fourth-order valence-electron chi connectivity index (χ4n) is 4.35. The average molecular weight is 495 g/mol. The topological polar surface area (TPSA) is 68.6 Å². The maximum atomic E-state index is 13.3. The standard InChI is InChI=1S/C24H25F3N2O4S/c1-16-11-29(12-17(2)33-16)23(30)14-28-13-22(20-8-3-4-9-21(20)28)34(31,32)15-18-6-5-7-19(10-18)24(25,26)27/h3-10,13,16-17H,11-12,14-15H2,1-2H3/t16-,17-/m1/s1. The number of hydrogen-bond acceptors (Lipinski definition) is 4. The summed E-state index contributed by atoms with van der Waals surface area (Å²) in [5, 5.41) is 0.422. The van der Waals surface area contributed by atoms with Gasteiger partial charge in [0.1, 0.15) is 6.54 Å². The summed E-state index contributed by atoms with van der Waals surface area (Å²) in [5.41, 5.74) is -0.297. The number of halogens is 3. The van der Waals surface area contributed by atoms with Crippen LogP contribution < -0.4 is 0 Å². The van der Waals surface area contributed by atoms with E-state index in [-0.39, 0.29) is 35.1 Å². The van der Waals surface area contributed by atoms with Gasteiger partial charge in [-0.3, -0.25) is 4.79 Å². The number of carbonyl (C=O) groups is 1. The van der Waals surface area contributed by atoms with Crippen LogP contribution in [0.5, 0.6) is 0 Å². The molecular weight excluding hydrogens is 469 g/mol. The first-order valence-corrected chi connectivity index (χ1v) is 12.5. The number of carbonyl (C=O) groups excluding carboxylic acids is 1. The quantitative estimate of drug-likeness (QED) is 0.531. The van der Waals surface area contributed by atoms with Crippen LogP contribution in [0.2, 0.25) is 0 Å². The highest BCUT2D eigenvalue weighted by Crippen LogP contribution is 2.32. The van der Waals surface area contributed by atoms with Gasteiger partial charge in [0.2, 0.25) is 5.91 Å². The van der Waals surface area contributed by atoms with Crippen molar-refractivity contribution in [1.29, 1.82) is 0 Å². The second-order valence-electron chi connectivity index (χ2n) is 8.65. The van der Waals surface area contributed by atoms with E-state index in [0.717, 1.165) is 12.1 Å². The van der Waals surface area contributed by atoms with Gasteiger partial charge in [0.25, 0.3) is 0 Å². The Labute approximate surface area is 195 Å². The highest BCUT2D eigenvalue weighted by Gasteiger charge is 2.31. The predicted molar refractivity (Wildman–Crippen MR) is 121 cm³/mol. The summed E-state index contributed by atoms with van der Waals surface area (Å²) >= 11 is 0. The van der Waals surface area contributed by atoms with Gasteiger partial charge in [-0.05, 0) is 31.5 Å². The van der Waals surface area contributed by atoms with Gasteiger partial charge < -0.3 is 14.2 Å². The fourth-order valence-corrected chi connectivity index (χ4v) is 5.92. The minimum atomic E-state index is -4.56. The van der Waals surface area contributed by atoms with Gasteiger partial charge >= 0.3 is 6.18 Å². The molecule has 1 amide bonds. The Morgan fingerprint density at radius 2 is 1.74 bits per heavy atom. The third kappa shape index (κ3) is 5.12. The minimum Gasteiger partial charge on any atom is -0.372 e. The van der Waals surface area contributed by atoms with Crippen molar-refractivity contribution in [2.45, 2.75) is 49.4 Å². The molecule has 1 aliphatic heterocycles. The fraction of sp³-hybridized carbons (Fsp3) is 0.375. The molecule has 2 atom stereocenters. The zero-order valence-corrected chi connectivity index (χ0v) is 19.6. The van der Waals surface area contributed by atoms with Crippen LogP contribution in [0.3, 0.4) is 0 Å². The molecule has 0 aliphatic carbocycles. The Bertz CT molecular complexity index is 1310. The van der Waals surface area contributed by atoms with Gasteiger partial charge in [0, 0.05) is 30.2 Å². The zero-order valence-electron chi connectivity index (χ0n) is 18.7. The Balaban J connectivity index is 1.64. The number of ether oxygens (including phenoxy) is 1. The first-order valence-electron chi connectivity index (χ1n) is 10.8. The number of alkyl halides is 3. The lowest BCUT2D eigenvalue weighted by Gasteiger charge is -2.35. The summed E-state index contributed by atoms with van der Waals surface area (Å²) < 4.78 is 73.0. The number of morpholine rings is 1. The number of nitrogens with zero attached hydrogens (tertiary/aromatic N) is 2. The van der Waals surface area contributed by atoms with Gasteiger partial charge in [-0.2, -0.15) is 13.2 Å². The van der Waals surface area contributed by atoms with Crippen LogP contribution >= 0.6 is 0 Å². The summed E-state index contributed by atoms with van der Waals surface area (Å²) in [4.78, 5) is 14.7. The minimum absolute atomic E-state index is 0.0166. The Morgan fingerprint density at radius 3 is 2.41 bits per heavy atom. The van der Waals surface area contributed by atoms with Crippen LogP contribution in [0.25, 0.3) is 10.9 Å². The van der Waals surface area contributed by atoms with Crippen LogP contribution in [-0.4, -0.2) is 49.1 Å². The lowest BCUT2D eigenvalue weighted by molar-refractivity contribution is -0.143. The molecule has 0 N–H and O–H groups in total. The Kier molecular flexibility index (Phi) is 6.48. The van der Waals surface area contributed by atoms with Gasteiger partial charge in [-0.25, -0.2) is 8.42 Å². The summed E-state index contributed by atoms with van der Waals surface area (Å²) in [6.45, 7) is 4.62. The molecule has 0 spiro atoms. The van der Waals surface area contributed by atoms with Crippen molar-refractivity contribution < 1.29 is 31.1 Å². The number of aromatic nitrogens is 1. The van der Waals surface area contributed by atoms with E-state index in [1.54, 1.807) is 33.7 Å². The number of rotatable bonds is 5. The molecule has 0 radical (unpaired) electrons. The van der Waals surface area contributed by atoms with Crippen molar-refractivity contribution in [1.82, 2.24) is 9.47 Å². The van der Waals surface area contributed by atoms with Gasteiger partial charge in [-0.15, -0.1) is 0 Å². The average Bonchev–Trinajstić information content (AvgIpc) is 3.12. The molecule has 1 fully saturated rings. The molecule has 10 heteroatoms. The molecule has 3 aromatic rings. The van der Waals surface area contributed by atoms with Crippen molar-refractivity contribution in [3.8, 4) is 0 Å². The molecular formula is C24H25F3N2O4S. The molecule has 6 nitrogen and oxygen atoms in total. The second-order valence-corrected chi connectivity index (χ2v) is 10.6. The third-order valence-electron chi connectivity index (χ3n) is 5.78. The smallest absolute Gasteiger partial charge is 0.372 e. The number of hydrogen-bond donors (Lipinski definition) is 0. The lowest BCUT2D eigenvalue weighted by Crippen LogP contribution is -2.49. The number of sulfone groups is 1. The van der Waals surface area contributed by atoms with E-state index in [9.17, 15) is 26.4 Å². The maximum absolute atomic E-state index is 13.3. The summed E-state index contributed by atoms with van der Waals surface area (Å²) in [6, 6.07) is 11.1. The molecule has 4 rings (SSSR count). The first kappa shape index (κ1) is 24.3. The van der Waals surface area contributed by atoms with Gasteiger partial charge in [0.05, 0.1) is 28.4 Å². The number of benzene rings is 2. The molecule has 0 bridgehead atoms. The van der Waals surface area contributed by atoms with E-state index in [1.165, 1.54) is 18.3 Å². The van der Waals surface area contributed by atoms with Crippen molar-refractivity contribution in [3.05, 3.63) is 65.9 Å². The Morgan fingerprint density at radius 1 is 1.06 bits per heavy atom. The number of fused-ring (bicyclic) bond motifs is 1. The highest BCUT2D eigenvalue weighted by molar-refractivity contribution is 7.90. The van der Waals surface area contributed by atoms with E-state index >= 15 is 0 Å². The summed E-state index contributed by atoms with van der Waals surface area (Å²) in [7, 11) is -3.99. The van der Waals surface area contributed by atoms with Crippen molar-refractivity contribution in [2.24, 2.45) is 0 Å². The van der Waals surface area contributed by atoms with Gasteiger partial charge in [-0.1, -0.05) is 36.4 Å². The zero-order chi connectivity index (χ0) is 24.7. The summed E-state index contributed by atoms with van der Waals surface area (Å²) in [5.74, 6) is -0.748. The van der Waals surface area contributed by atoms with Crippen LogP contribution in [0, 0.1) is 0 Å². The second kappa shape index (κ2) is 9.07. The molecule has 1 aliphatic rings. The maximum Gasteiger partial charge on any atom is 0.416 e. The number of para-hydroxylation sites is 1. The largest absolute Gasteiger partial charge is 0.416 e. The first-order chi connectivity index (χ1) is 15.9. The summed E-state index contributed by atoms with van der Waals surface area (Å²) in [6.07, 6.45) is -3.36. The van der Waals surface area contributed by atoms with Crippen LogP contribution in [0.15, 0.2) is 59.6 Å². The molecule has 0 unspecified atom stereocenters. The van der Waals surface area contributed by atoms with E-state index in [1.807, 2.05) is 13.8 Å². The molecule has 182 valence electrons. The van der Waals surface area contributed by atoms with E-state index < -0.39 is 27.3 Å². The van der Waals surface area contributed by atoms with Crippen molar-refractivity contribution in [3.63, 3.8) is 0 Å². The molecule has 1 saturated heterocycles. The number of amides is 1. The highest BCUT2D eigenvalue weighted by atomic mass is 32.2. The van der Waals surface area contributed by atoms with Crippen LogP contribution in [0.1, 0.15) is 25.0 Å². The van der Waals surface area contributed by atoms with Crippen LogP contribution in [0.4, 0.5) is 13.2 Å². The monoisotopic (exact) mass is 494 g/mol. The molecule has 34 heavy (non-hydrogen) atoms. The third-order valence-corrected chi connectivity index (χ3v) is 7.48. The van der Waals surface area contributed by atoms with E-state index in [2.05, 4.69) is 0 Å². The van der Waals surface area contributed by atoms with Crippen molar-refractivity contribution in [2.75, 3.05) is 13.1 Å². The molecule has 0 saturated carbocycles. The van der Waals surface area contributed by atoms with E-state index in [0.29, 0.717) is 24.0 Å². The molecule has 2 aromatic carbocycles. The Hall–Kier alpha value is -2.85.